The first-order valence-corrected chi connectivity index (χ1v) is 14.3. The van der Waals surface area contributed by atoms with Gasteiger partial charge < -0.3 is 15.1 Å². The van der Waals surface area contributed by atoms with Crippen molar-refractivity contribution in [1.82, 2.24) is 15.1 Å². The van der Waals surface area contributed by atoms with Gasteiger partial charge in [-0.2, -0.15) is 0 Å². The fourth-order valence-corrected chi connectivity index (χ4v) is 6.89. The second-order valence-corrected chi connectivity index (χ2v) is 11.6. The molecular weight excluding hydrogens is 492 g/mol. The van der Waals surface area contributed by atoms with Gasteiger partial charge in [0.05, 0.1) is 5.41 Å². The van der Waals surface area contributed by atoms with Crippen LogP contribution in [0.1, 0.15) is 77.6 Å². The molecule has 4 heterocycles. The second kappa shape index (κ2) is 10.2. The molecule has 1 spiro atoms. The normalized spacial score (nSPS) is 22.2. The fraction of sp³-hybridized carbons (Fsp3) is 0.484. The van der Waals surface area contributed by atoms with Gasteiger partial charge >= 0.3 is 0 Å². The molecule has 0 aromatic heterocycles. The van der Waals surface area contributed by atoms with E-state index in [1.54, 1.807) is 4.90 Å². The quantitative estimate of drug-likeness (QED) is 0.424. The molecule has 0 bridgehead atoms. The van der Waals surface area contributed by atoms with Crippen LogP contribution < -0.4 is 10.6 Å². The highest BCUT2D eigenvalue weighted by atomic mass is 16.2. The molecule has 2 aromatic rings. The monoisotopic (exact) mass is 528 g/mol. The van der Waals surface area contributed by atoms with Crippen molar-refractivity contribution >= 4 is 29.3 Å². The number of aryl methyl sites for hydroxylation is 2. The minimum atomic E-state index is -0.577. The van der Waals surface area contributed by atoms with Crippen LogP contribution in [0.2, 0.25) is 0 Å². The van der Waals surface area contributed by atoms with E-state index in [9.17, 15) is 19.2 Å². The molecule has 0 saturated carbocycles. The summed E-state index contributed by atoms with van der Waals surface area (Å²) in [6.45, 7) is 5.42. The van der Waals surface area contributed by atoms with Crippen LogP contribution >= 0.6 is 0 Å². The highest BCUT2D eigenvalue weighted by Crippen LogP contribution is 2.45. The summed E-state index contributed by atoms with van der Waals surface area (Å²) in [5.41, 5.74) is 5.88. The molecule has 204 valence electrons. The summed E-state index contributed by atoms with van der Waals surface area (Å²) in [5, 5.41) is 5.48. The predicted octanol–water partition coefficient (Wildman–Crippen LogP) is 3.45. The van der Waals surface area contributed by atoms with Crippen LogP contribution in [0, 0.1) is 6.92 Å². The first-order valence-electron chi connectivity index (χ1n) is 14.3. The van der Waals surface area contributed by atoms with Gasteiger partial charge in [-0.15, -0.1) is 0 Å². The Morgan fingerprint density at radius 2 is 1.79 bits per heavy atom. The maximum Gasteiger partial charge on any atom is 0.255 e. The molecule has 2 N–H and O–H groups in total. The van der Waals surface area contributed by atoms with Crippen molar-refractivity contribution < 1.29 is 19.2 Å². The van der Waals surface area contributed by atoms with Gasteiger partial charge in [0.25, 0.3) is 5.91 Å². The summed E-state index contributed by atoms with van der Waals surface area (Å²) in [4.78, 5) is 54.0. The fourth-order valence-electron chi connectivity index (χ4n) is 6.89. The summed E-state index contributed by atoms with van der Waals surface area (Å²) in [5.74, 6) is -0.592. The van der Waals surface area contributed by atoms with Crippen molar-refractivity contribution in [2.45, 2.75) is 76.3 Å². The van der Waals surface area contributed by atoms with Gasteiger partial charge in [0.2, 0.25) is 17.7 Å². The van der Waals surface area contributed by atoms with Crippen molar-refractivity contribution in [3.05, 3.63) is 64.2 Å². The van der Waals surface area contributed by atoms with Gasteiger partial charge in [-0.1, -0.05) is 36.2 Å². The first-order chi connectivity index (χ1) is 18.9. The lowest BCUT2D eigenvalue weighted by atomic mass is 9.73. The minimum Gasteiger partial charge on any atom is -0.325 e. The Labute approximate surface area is 229 Å². The van der Waals surface area contributed by atoms with Gasteiger partial charge in [0.1, 0.15) is 6.04 Å². The van der Waals surface area contributed by atoms with Crippen LogP contribution in [-0.4, -0.2) is 59.1 Å². The molecule has 2 fully saturated rings. The van der Waals surface area contributed by atoms with E-state index in [1.807, 2.05) is 18.2 Å². The van der Waals surface area contributed by atoms with Gasteiger partial charge in [-0.3, -0.25) is 24.5 Å². The number of likely N-dealkylation sites (tertiary alicyclic amines) is 1. The maximum atomic E-state index is 13.1. The maximum absolute atomic E-state index is 13.1. The van der Waals surface area contributed by atoms with E-state index in [0.29, 0.717) is 18.5 Å². The highest BCUT2D eigenvalue weighted by molar-refractivity contribution is 6.07. The number of nitrogens with one attached hydrogen (secondary N) is 2. The lowest BCUT2D eigenvalue weighted by Crippen LogP contribution is -2.52. The first kappa shape index (κ1) is 25.7. The van der Waals surface area contributed by atoms with E-state index in [0.717, 1.165) is 69.4 Å². The van der Waals surface area contributed by atoms with Crippen molar-refractivity contribution in [3.8, 4) is 0 Å². The summed E-state index contributed by atoms with van der Waals surface area (Å²) in [6, 6.07) is 11.6. The molecule has 8 nitrogen and oxygen atoms in total. The van der Waals surface area contributed by atoms with Crippen LogP contribution in [0.15, 0.2) is 36.4 Å². The van der Waals surface area contributed by atoms with Crippen LogP contribution in [0.3, 0.4) is 0 Å². The molecule has 4 aliphatic heterocycles. The Morgan fingerprint density at radius 3 is 2.59 bits per heavy atom. The zero-order chi connectivity index (χ0) is 27.1. The van der Waals surface area contributed by atoms with Gasteiger partial charge in [0, 0.05) is 24.2 Å². The zero-order valence-corrected chi connectivity index (χ0v) is 22.6. The molecule has 4 aliphatic rings. The van der Waals surface area contributed by atoms with Gasteiger partial charge in [0.15, 0.2) is 0 Å². The average Bonchev–Trinajstić information content (AvgIpc) is 3.39. The molecule has 0 aliphatic carbocycles. The average molecular weight is 529 g/mol. The van der Waals surface area contributed by atoms with Crippen molar-refractivity contribution in [2.24, 2.45) is 0 Å². The number of anilines is 1. The van der Waals surface area contributed by atoms with E-state index >= 15 is 0 Å². The number of amides is 4. The SMILES string of the molecule is Cc1ccc2c(c1)C1(CCN(CCCCCc3cccc4c3CN(C3CCC(=O)NC3=O)C4=O)CC1)C(=O)N2. The highest BCUT2D eigenvalue weighted by Gasteiger charge is 2.48. The molecule has 8 heteroatoms. The Morgan fingerprint density at radius 1 is 0.974 bits per heavy atom. The number of carbonyl (C=O) groups excluding carboxylic acids is 4. The summed E-state index contributed by atoms with van der Waals surface area (Å²) in [6.07, 6.45) is 6.51. The van der Waals surface area contributed by atoms with Gasteiger partial charge in [-0.25, -0.2) is 0 Å². The predicted molar refractivity (Wildman–Crippen MR) is 147 cm³/mol. The Balaban J connectivity index is 0.986. The number of rotatable bonds is 7. The topological polar surface area (TPSA) is 98.8 Å². The molecule has 6 rings (SSSR count). The standard InChI is InChI=1S/C31H36N4O4/c1-20-9-10-25-24(18-20)31(30(39)32-25)13-16-34(17-14-31)15-4-2-3-6-21-7-5-8-22-23(21)19-35(29(22)38)26-11-12-27(36)33-28(26)37/h5,7-10,18,26H,2-4,6,11-17,19H2,1H3,(H,32,39)(H,33,36,37). The third-order valence-electron chi connectivity index (χ3n) is 9.18. The van der Waals surface area contributed by atoms with Crippen molar-refractivity contribution in [1.29, 1.82) is 0 Å². The number of unbranched alkanes of at least 4 members (excludes halogenated alkanes) is 2. The van der Waals surface area contributed by atoms with Crippen molar-refractivity contribution in [2.75, 3.05) is 25.0 Å². The number of carbonyl (C=O) groups is 4. The molecule has 39 heavy (non-hydrogen) atoms. The number of hydrogen-bond acceptors (Lipinski definition) is 5. The number of imide groups is 1. The van der Waals surface area contributed by atoms with E-state index in [1.165, 1.54) is 16.7 Å². The molecule has 1 atom stereocenters. The Kier molecular flexibility index (Phi) is 6.75. The van der Waals surface area contributed by atoms with E-state index in [4.69, 9.17) is 0 Å². The Bertz CT molecular complexity index is 1340. The molecule has 4 amide bonds. The third-order valence-corrected chi connectivity index (χ3v) is 9.18. The van der Waals surface area contributed by atoms with Crippen molar-refractivity contribution in [3.63, 3.8) is 0 Å². The largest absolute Gasteiger partial charge is 0.325 e. The number of hydrogen-bond donors (Lipinski definition) is 2. The lowest BCUT2D eigenvalue weighted by molar-refractivity contribution is -0.137. The summed E-state index contributed by atoms with van der Waals surface area (Å²) >= 11 is 0. The number of nitrogens with zero attached hydrogens (tertiary/aromatic N) is 2. The minimum absolute atomic E-state index is 0.113. The molecule has 2 saturated heterocycles. The summed E-state index contributed by atoms with van der Waals surface area (Å²) in [7, 11) is 0. The van der Waals surface area contributed by atoms with Crippen LogP contribution in [0.5, 0.6) is 0 Å². The second-order valence-electron chi connectivity index (χ2n) is 11.6. The van der Waals surface area contributed by atoms with E-state index < -0.39 is 6.04 Å². The molecule has 1 unspecified atom stereocenters. The smallest absolute Gasteiger partial charge is 0.255 e. The third kappa shape index (κ3) is 4.65. The molecule has 2 aromatic carbocycles. The molecule has 0 radical (unpaired) electrons. The van der Waals surface area contributed by atoms with E-state index in [-0.39, 0.29) is 35.5 Å². The number of fused-ring (bicyclic) bond motifs is 3. The zero-order valence-electron chi connectivity index (χ0n) is 22.6. The number of piperidine rings is 2. The van der Waals surface area contributed by atoms with Crippen LogP contribution in [0.25, 0.3) is 0 Å². The van der Waals surface area contributed by atoms with E-state index in [2.05, 4.69) is 40.7 Å². The summed E-state index contributed by atoms with van der Waals surface area (Å²) < 4.78 is 0. The Hall–Kier alpha value is -3.52. The number of benzene rings is 2. The van der Waals surface area contributed by atoms with Crippen LogP contribution in [0.4, 0.5) is 5.69 Å². The van der Waals surface area contributed by atoms with Crippen LogP contribution in [-0.2, 0) is 32.8 Å². The molecular formula is C31H36N4O4. The lowest BCUT2D eigenvalue weighted by Gasteiger charge is -2.38. The van der Waals surface area contributed by atoms with Gasteiger partial charge in [-0.05, 0) is 93.9 Å².